The minimum absolute atomic E-state index is 0.0679. The lowest BCUT2D eigenvalue weighted by Gasteiger charge is -2.22. The van der Waals surface area contributed by atoms with Crippen LogP contribution in [0.1, 0.15) is 48.4 Å². The molecule has 1 aromatic rings. The SMILES string of the molecule is CC(C)OC(OC(C)C)C(=O)c1ccc([O-])c(C(=O)O)c1. The Kier molecular flexibility index (Phi) is 5.87. The largest absolute Gasteiger partial charge is 0.872 e. The van der Waals surface area contributed by atoms with Gasteiger partial charge in [-0.2, -0.15) is 0 Å². The normalized spacial score (nSPS) is 11.4. The summed E-state index contributed by atoms with van der Waals surface area (Å²) in [6.45, 7) is 7.03. The monoisotopic (exact) mass is 295 g/mol. The fourth-order valence-corrected chi connectivity index (χ4v) is 1.64. The highest BCUT2D eigenvalue weighted by molar-refractivity contribution is 6.01. The summed E-state index contributed by atoms with van der Waals surface area (Å²) in [5, 5.41) is 20.3. The molecule has 6 heteroatoms. The van der Waals surface area contributed by atoms with Gasteiger partial charge in [0.1, 0.15) is 0 Å². The Labute approximate surface area is 123 Å². The molecule has 0 fully saturated rings. The van der Waals surface area contributed by atoms with E-state index in [2.05, 4.69) is 0 Å². The van der Waals surface area contributed by atoms with Gasteiger partial charge in [-0.3, -0.25) is 4.79 Å². The minimum Gasteiger partial charge on any atom is -0.872 e. The second kappa shape index (κ2) is 7.19. The molecule has 0 saturated heterocycles. The molecule has 0 heterocycles. The van der Waals surface area contributed by atoms with Crippen LogP contribution in [0.15, 0.2) is 18.2 Å². The van der Waals surface area contributed by atoms with Crippen LogP contribution in [0.4, 0.5) is 0 Å². The van der Waals surface area contributed by atoms with Gasteiger partial charge in [0.2, 0.25) is 12.1 Å². The number of rotatable bonds is 7. The van der Waals surface area contributed by atoms with E-state index in [-0.39, 0.29) is 17.8 Å². The van der Waals surface area contributed by atoms with Gasteiger partial charge < -0.3 is 19.7 Å². The second-order valence-corrected chi connectivity index (χ2v) is 5.08. The quantitative estimate of drug-likeness (QED) is 0.609. The predicted molar refractivity (Wildman–Crippen MR) is 73.4 cm³/mol. The summed E-state index contributed by atoms with van der Waals surface area (Å²) in [4.78, 5) is 23.3. The molecule has 1 N–H and O–H groups in total. The van der Waals surface area contributed by atoms with Crippen LogP contribution in [-0.2, 0) is 9.47 Å². The van der Waals surface area contributed by atoms with Gasteiger partial charge in [0.25, 0.3) is 0 Å². The van der Waals surface area contributed by atoms with Gasteiger partial charge in [0, 0.05) is 5.56 Å². The average molecular weight is 295 g/mol. The van der Waals surface area contributed by atoms with Crippen molar-refractivity contribution in [1.82, 2.24) is 0 Å². The summed E-state index contributed by atoms with van der Waals surface area (Å²) in [6, 6.07) is 3.38. The van der Waals surface area contributed by atoms with Crippen LogP contribution in [0.3, 0.4) is 0 Å². The summed E-state index contributed by atoms with van der Waals surface area (Å²) < 4.78 is 10.8. The van der Waals surface area contributed by atoms with Crippen molar-refractivity contribution in [2.45, 2.75) is 46.2 Å². The van der Waals surface area contributed by atoms with Crippen LogP contribution in [0.25, 0.3) is 0 Å². The molecule has 0 atom stereocenters. The maximum atomic E-state index is 12.4. The lowest BCUT2D eigenvalue weighted by atomic mass is 10.1. The van der Waals surface area contributed by atoms with E-state index in [1.165, 1.54) is 6.07 Å². The van der Waals surface area contributed by atoms with Crippen LogP contribution < -0.4 is 5.11 Å². The molecule has 1 rings (SSSR count). The zero-order chi connectivity index (χ0) is 16.2. The van der Waals surface area contributed by atoms with Gasteiger partial charge in [-0.1, -0.05) is 17.9 Å². The number of hydrogen-bond donors (Lipinski definition) is 1. The number of aromatic carboxylic acids is 1. The van der Waals surface area contributed by atoms with E-state index in [0.29, 0.717) is 0 Å². The van der Waals surface area contributed by atoms with Crippen LogP contribution >= 0.6 is 0 Å². The average Bonchev–Trinajstić information content (AvgIpc) is 2.36. The number of carboxylic acid groups (broad SMARTS) is 1. The van der Waals surface area contributed by atoms with Crippen molar-refractivity contribution in [2.75, 3.05) is 0 Å². The highest BCUT2D eigenvalue weighted by Crippen LogP contribution is 2.19. The first-order valence-electron chi connectivity index (χ1n) is 6.61. The Balaban J connectivity index is 3.08. The number of ketones is 1. The fourth-order valence-electron chi connectivity index (χ4n) is 1.64. The molecule has 0 aliphatic carbocycles. The Morgan fingerprint density at radius 2 is 1.62 bits per heavy atom. The molecule has 21 heavy (non-hydrogen) atoms. The molecule has 0 bridgehead atoms. The molecule has 6 nitrogen and oxygen atoms in total. The van der Waals surface area contributed by atoms with Gasteiger partial charge in [-0.15, -0.1) is 0 Å². The van der Waals surface area contributed by atoms with E-state index in [9.17, 15) is 14.7 Å². The smallest absolute Gasteiger partial charge is 0.335 e. The molecule has 0 aromatic heterocycles. The zero-order valence-corrected chi connectivity index (χ0v) is 12.5. The lowest BCUT2D eigenvalue weighted by molar-refractivity contribution is -0.268. The number of carbonyl (C=O) groups excluding carboxylic acids is 1. The Morgan fingerprint density at radius 1 is 1.10 bits per heavy atom. The van der Waals surface area contributed by atoms with Crippen molar-refractivity contribution in [1.29, 1.82) is 0 Å². The summed E-state index contributed by atoms with van der Waals surface area (Å²) in [7, 11) is 0. The van der Waals surface area contributed by atoms with Crippen molar-refractivity contribution in [3.63, 3.8) is 0 Å². The number of carbonyl (C=O) groups is 2. The molecule has 0 amide bonds. The van der Waals surface area contributed by atoms with Gasteiger partial charge in [-0.25, -0.2) is 4.79 Å². The van der Waals surface area contributed by atoms with Crippen molar-refractivity contribution < 1.29 is 29.3 Å². The molecule has 0 aliphatic heterocycles. The fraction of sp³-hybridized carbons (Fsp3) is 0.467. The summed E-state index contributed by atoms with van der Waals surface area (Å²) in [5.41, 5.74) is -0.382. The van der Waals surface area contributed by atoms with Crippen molar-refractivity contribution in [2.24, 2.45) is 0 Å². The van der Waals surface area contributed by atoms with Crippen LogP contribution in [0.5, 0.6) is 5.75 Å². The highest BCUT2D eigenvalue weighted by Gasteiger charge is 2.24. The van der Waals surface area contributed by atoms with E-state index in [0.717, 1.165) is 12.1 Å². The maximum Gasteiger partial charge on any atom is 0.335 e. The first-order valence-corrected chi connectivity index (χ1v) is 6.61. The second-order valence-electron chi connectivity index (χ2n) is 5.08. The number of Topliss-reactive ketones (excluding diaryl/α,β-unsaturated/α-hetero) is 1. The molecule has 0 unspecified atom stereocenters. The van der Waals surface area contributed by atoms with Crippen molar-refractivity contribution in [3.8, 4) is 5.75 Å². The Hall–Kier alpha value is -1.92. The number of hydrogen-bond acceptors (Lipinski definition) is 5. The van der Waals surface area contributed by atoms with Gasteiger partial charge in [0.05, 0.1) is 17.8 Å². The third-order valence-corrected chi connectivity index (χ3v) is 2.50. The first-order chi connectivity index (χ1) is 9.72. The van der Waals surface area contributed by atoms with Crippen molar-refractivity contribution in [3.05, 3.63) is 29.3 Å². The molecular formula is C15H19O6-. The van der Waals surface area contributed by atoms with Gasteiger partial charge in [0.15, 0.2) is 0 Å². The molecule has 116 valence electrons. The third kappa shape index (κ3) is 4.84. The Bertz CT molecular complexity index is 511. The molecule has 0 spiro atoms. The van der Waals surface area contributed by atoms with E-state index < -0.39 is 29.4 Å². The third-order valence-electron chi connectivity index (χ3n) is 2.50. The topological polar surface area (TPSA) is 95.9 Å². The summed E-state index contributed by atoms with van der Waals surface area (Å²) in [6.07, 6.45) is -1.62. The number of ether oxygens (including phenoxy) is 2. The zero-order valence-electron chi connectivity index (χ0n) is 12.5. The first kappa shape index (κ1) is 17.1. The van der Waals surface area contributed by atoms with Crippen molar-refractivity contribution >= 4 is 11.8 Å². The predicted octanol–water partition coefficient (Wildman–Crippen LogP) is 1.82. The molecule has 0 radical (unpaired) electrons. The molecule has 0 aliphatic rings. The van der Waals surface area contributed by atoms with Gasteiger partial charge >= 0.3 is 5.97 Å². The van der Waals surface area contributed by atoms with Crippen LogP contribution in [0.2, 0.25) is 0 Å². The van der Waals surface area contributed by atoms with E-state index in [1.54, 1.807) is 27.7 Å². The highest BCUT2D eigenvalue weighted by atomic mass is 16.7. The standard InChI is InChI=1S/C15H20O6/c1-8(2)20-15(21-9(3)4)13(17)10-5-6-12(16)11(7-10)14(18)19/h5-9,15-16H,1-4H3,(H,18,19)/p-1. The van der Waals surface area contributed by atoms with Crippen LogP contribution in [-0.4, -0.2) is 35.4 Å². The molecular weight excluding hydrogens is 276 g/mol. The summed E-state index contributed by atoms with van der Waals surface area (Å²) in [5.74, 6) is -2.54. The van der Waals surface area contributed by atoms with E-state index in [1.807, 2.05) is 0 Å². The van der Waals surface area contributed by atoms with E-state index >= 15 is 0 Å². The lowest BCUT2D eigenvalue weighted by Crippen LogP contribution is -2.32. The van der Waals surface area contributed by atoms with E-state index in [4.69, 9.17) is 14.6 Å². The Morgan fingerprint density at radius 3 is 2.05 bits per heavy atom. The summed E-state index contributed by atoms with van der Waals surface area (Å²) >= 11 is 0. The maximum absolute atomic E-state index is 12.4. The number of benzene rings is 1. The van der Waals surface area contributed by atoms with Crippen LogP contribution in [0, 0.1) is 0 Å². The van der Waals surface area contributed by atoms with Gasteiger partial charge in [-0.05, 0) is 33.8 Å². The molecule has 0 saturated carbocycles. The number of carboxylic acids is 1. The molecule has 1 aromatic carbocycles. The minimum atomic E-state index is -1.37.